The summed E-state index contributed by atoms with van der Waals surface area (Å²) in [5, 5.41) is 0.798. The van der Waals surface area contributed by atoms with Crippen molar-refractivity contribution in [2.24, 2.45) is 0 Å². The first-order chi connectivity index (χ1) is 7.16. The van der Waals surface area contributed by atoms with E-state index in [9.17, 15) is 0 Å². The van der Waals surface area contributed by atoms with Crippen molar-refractivity contribution in [2.75, 3.05) is 38.1 Å². The molecule has 0 N–H and O–H groups in total. The van der Waals surface area contributed by atoms with Gasteiger partial charge in [0.1, 0.15) is 0 Å². The van der Waals surface area contributed by atoms with E-state index in [2.05, 4.69) is 32.8 Å². The third-order valence-electron chi connectivity index (χ3n) is 2.75. The molecular weight excluding hydrogens is 275 g/mol. The molecule has 2 rings (SSSR count). The summed E-state index contributed by atoms with van der Waals surface area (Å²) in [5.74, 6) is 0. The van der Waals surface area contributed by atoms with Gasteiger partial charge in [-0.05, 0) is 41.2 Å². The number of anilines is 1. The minimum atomic E-state index is 0.798. The molecule has 1 aromatic rings. The molecule has 4 heteroatoms. The maximum absolute atomic E-state index is 6.01. The standard InChI is InChI=1S/C11H14BrClN2/c1-14-4-6-15(7-5-14)11-8-9(13)2-3-10(11)12/h2-3,8H,4-7H2,1H3. The predicted octanol–water partition coefficient (Wildman–Crippen LogP) is 2.85. The van der Waals surface area contributed by atoms with Crippen LogP contribution in [-0.2, 0) is 0 Å². The second-order valence-corrected chi connectivity index (χ2v) is 5.18. The summed E-state index contributed by atoms with van der Waals surface area (Å²) in [6.45, 7) is 4.35. The molecule has 0 radical (unpaired) electrons. The molecule has 1 aromatic carbocycles. The summed E-state index contributed by atoms with van der Waals surface area (Å²) in [6.07, 6.45) is 0. The van der Waals surface area contributed by atoms with E-state index in [4.69, 9.17) is 11.6 Å². The molecule has 0 aromatic heterocycles. The van der Waals surface area contributed by atoms with Crippen molar-refractivity contribution in [1.29, 1.82) is 0 Å². The van der Waals surface area contributed by atoms with Crippen LogP contribution in [0, 0.1) is 0 Å². The average molecular weight is 290 g/mol. The van der Waals surface area contributed by atoms with Gasteiger partial charge >= 0.3 is 0 Å². The fourth-order valence-corrected chi connectivity index (χ4v) is 2.44. The molecule has 0 bridgehead atoms. The van der Waals surface area contributed by atoms with Crippen molar-refractivity contribution in [3.05, 3.63) is 27.7 Å². The van der Waals surface area contributed by atoms with E-state index < -0.39 is 0 Å². The maximum atomic E-state index is 6.01. The lowest BCUT2D eigenvalue weighted by atomic mass is 10.2. The van der Waals surface area contributed by atoms with Gasteiger partial charge in [0.05, 0.1) is 5.69 Å². The zero-order valence-electron chi connectivity index (χ0n) is 8.71. The van der Waals surface area contributed by atoms with Crippen LogP contribution in [0.25, 0.3) is 0 Å². The molecule has 82 valence electrons. The van der Waals surface area contributed by atoms with E-state index in [-0.39, 0.29) is 0 Å². The van der Waals surface area contributed by atoms with Crippen LogP contribution in [-0.4, -0.2) is 38.1 Å². The number of benzene rings is 1. The van der Waals surface area contributed by atoms with Gasteiger partial charge in [0, 0.05) is 35.7 Å². The lowest BCUT2D eigenvalue weighted by Gasteiger charge is -2.34. The molecule has 0 amide bonds. The van der Waals surface area contributed by atoms with E-state index in [0.717, 1.165) is 35.7 Å². The zero-order valence-corrected chi connectivity index (χ0v) is 11.1. The smallest absolute Gasteiger partial charge is 0.0526 e. The van der Waals surface area contributed by atoms with Gasteiger partial charge in [-0.1, -0.05) is 11.6 Å². The molecule has 1 aliphatic rings. The first-order valence-corrected chi connectivity index (χ1v) is 6.22. The number of hydrogen-bond acceptors (Lipinski definition) is 2. The Balaban J connectivity index is 2.18. The Morgan fingerprint density at radius 1 is 1.20 bits per heavy atom. The third kappa shape index (κ3) is 2.65. The molecule has 0 spiro atoms. The summed E-state index contributed by atoms with van der Waals surface area (Å²) in [4.78, 5) is 4.71. The molecule has 0 saturated carbocycles. The summed E-state index contributed by atoms with van der Waals surface area (Å²) in [5.41, 5.74) is 1.20. The van der Waals surface area contributed by atoms with Gasteiger partial charge in [-0.3, -0.25) is 0 Å². The summed E-state index contributed by atoms with van der Waals surface area (Å²) >= 11 is 9.57. The second-order valence-electron chi connectivity index (χ2n) is 3.89. The molecule has 15 heavy (non-hydrogen) atoms. The van der Waals surface area contributed by atoms with E-state index in [0.29, 0.717) is 0 Å². The first kappa shape index (κ1) is 11.2. The predicted molar refractivity (Wildman–Crippen MR) is 68.9 cm³/mol. The van der Waals surface area contributed by atoms with Crippen molar-refractivity contribution in [3.8, 4) is 0 Å². The van der Waals surface area contributed by atoms with Crippen LogP contribution in [0.1, 0.15) is 0 Å². The first-order valence-electron chi connectivity index (χ1n) is 5.05. The number of halogens is 2. The highest BCUT2D eigenvalue weighted by Gasteiger charge is 2.16. The van der Waals surface area contributed by atoms with E-state index >= 15 is 0 Å². The minimum absolute atomic E-state index is 0.798. The van der Waals surface area contributed by atoms with Gasteiger partial charge in [0.15, 0.2) is 0 Å². The Morgan fingerprint density at radius 3 is 2.53 bits per heavy atom. The molecular formula is C11H14BrClN2. The molecule has 1 heterocycles. The highest BCUT2D eigenvalue weighted by atomic mass is 79.9. The van der Waals surface area contributed by atoms with Crippen LogP contribution in [0.2, 0.25) is 5.02 Å². The van der Waals surface area contributed by atoms with Crippen molar-refractivity contribution in [2.45, 2.75) is 0 Å². The quantitative estimate of drug-likeness (QED) is 0.784. The van der Waals surface area contributed by atoms with Crippen LogP contribution >= 0.6 is 27.5 Å². The molecule has 1 aliphatic heterocycles. The second kappa shape index (κ2) is 4.73. The van der Waals surface area contributed by atoms with Crippen LogP contribution in [0.4, 0.5) is 5.69 Å². The summed E-state index contributed by atoms with van der Waals surface area (Å²) in [6, 6.07) is 5.94. The molecule has 1 fully saturated rings. The van der Waals surface area contributed by atoms with E-state index in [1.165, 1.54) is 5.69 Å². The van der Waals surface area contributed by atoms with Gasteiger partial charge < -0.3 is 9.80 Å². The van der Waals surface area contributed by atoms with Gasteiger partial charge in [-0.2, -0.15) is 0 Å². The van der Waals surface area contributed by atoms with Crippen LogP contribution < -0.4 is 4.90 Å². The highest BCUT2D eigenvalue weighted by molar-refractivity contribution is 9.10. The van der Waals surface area contributed by atoms with E-state index in [1.54, 1.807) is 0 Å². The average Bonchev–Trinajstić information content (AvgIpc) is 2.23. The van der Waals surface area contributed by atoms with Crippen molar-refractivity contribution in [1.82, 2.24) is 4.90 Å². The molecule has 0 aliphatic carbocycles. The minimum Gasteiger partial charge on any atom is -0.368 e. The highest BCUT2D eigenvalue weighted by Crippen LogP contribution is 2.29. The van der Waals surface area contributed by atoms with Gasteiger partial charge in [0.25, 0.3) is 0 Å². The number of piperazine rings is 1. The number of nitrogens with zero attached hydrogens (tertiary/aromatic N) is 2. The summed E-state index contributed by atoms with van der Waals surface area (Å²) in [7, 11) is 2.16. The largest absolute Gasteiger partial charge is 0.368 e. The van der Waals surface area contributed by atoms with Crippen LogP contribution in [0.5, 0.6) is 0 Å². The fourth-order valence-electron chi connectivity index (χ4n) is 1.78. The monoisotopic (exact) mass is 288 g/mol. The van der Waals surface area contributed by atoms with Gasteiger partial charge in [0.2, 0.25) is 0 Å². The molecule has 2 nitrogen and oxygen atoms in total. The number of hydrogen-bond donors (Lipinski definition) is 0. The fraction of sp³-hybridized carbons (Fsp3) is 0.455. The normalized spacial score (nSPS) is 18.2. The van der Waals surface area contributed by atoms with Crippen LogP contribution in [0.15, 0.2) is 22.7 Å². The Kier molecular flexibility index (Phi) is 3.54. The molecule has 0 unspecified atom stereocenters. The number of rotatable bonds is 1. The third-order valence-corrected chi connectivity index (χ3v) is 3.66. The SMILES string of the molecule is CN1CCN(c2cc(Cl)ccc2Br)CC1. The summed E-state index contributed by atoms with van der Waals surface area (Å²) < 4.78 is 1.12. The van der Waals surface area contributed by atoms with Crippen molar-refractivity contribution < 1.29 is 0 Å². The number of likely N-dealkylation sites (N-methyl/N-ethyl adjacent to an activating group) is 1. The molecule has 0 atom stereocenters. The topological polar surface area (TPSA) is 6.48 Å². The van der Waals surface area contributed by atoms with Crippen LogP contribution in [0.3, 0.4) is 0 Å². The Labute approximate surface area is 104 Å². The Hall–Kier alpha value is -0.250. The lowest BCUT2D eigenvalue weighted by molar-refractivity contribution is 0.312. The Morgan fingerprint density at radius 2 is 1.87 bits per heavy atom. The van der Waals surface area contributed by atoms with Gasteiger partial charge in [-0.15, -0.1) is 0 Å². The lowest BCUT2D eigenvalue weighted by Crippen LogP contribution is -2.44. The van der Waals surface area contributed by atoms with Gasteiger partial charge in [-0.25, -0.2) is 0 Å². The zero-order chi connectivity index (χ0) is 10.8. The van der Waals surface area contributed by atoms with Crippen molar-refractivity contribution in [3.63, 3.8) is 0 Å². The molecule has 1 saturated heterocycles. The van der Waals surface area contributed by atoms with E-state index in [1.807, 2.05) is 18.2 Å². The Bertz CT molecular complexity index is 348. The maximum Gasteiger partial charge on any atom is 0.0526 e. The van der Waals surface area contributed by atoms with Crippen molar-refractivity contribution >= 4 is 33.2 Å².